The van der Waals surface area contributed by atoms with Crippen LogP contribution in [-0.4, -0.2) is 37.7 Å². The molecule has 0 heterocycles. The van der Waals surface area contributed by atoms with E-state index in [1.54, 1.807) is 0 Å². The maximum absolute atomic E-state index is 5.29. The van der Waals surface area contributed by atoms with Gasteiger partial charge in [-0.3, -0.25) is 0 Å². The Labute approximate surface area is 70.5 Å². The highest BCUT2D eigenvalue weighted by atomic mass is 16.5. The minimum absolute atomic E-state index is 0.259. The standard InChI is InChI=1S/C9H21NO/c1-6-11-8-7-9(2,3)10(4)5/h6-8H2,1-5H3. The van der Waals surface area contributed by atoms with Crippen molar-refractivity contribution in [2.45, 2.75) is 32.7 Å². The Morgan fingerprint density at radius 2 is 1.82 bits per heavy atom. The average Bonchev–Trinajstić information content (AvgIpc) is 1.88. The van der Waals surface area contributed by atoms with Gasteiger partial charge in [-0.05, 0) is 41.3 Å². The zero-order valence-corrected chi connectivity index (χ0v) is 8.48. The monoisotopic (exact) mass is 159 g/mol. The van der Waals surface area contributed by atoms with Gasteiger partial charge in [-0.2, -0.15) is 0 Å². The van der Waals surface area contributed by atoms with Crippen molar-refractivity contribution in [3.05, 3.63) is 0 Å². The molecular formula is C9H21NO. The number of hydrogen-bond acceptors (Lipinski definition) is 2. The molecule has 0 aliphatic rings. The third kappa shape index (κ3) is 4.38. The molecule has 0 unspecified atom stereocenters. The summed E-state index contributed by atoms with van der Waals surface area (Å²) in [7, 11) is 4.21. The Morgan fingerprint density at radius 3 is 2.18 bits per heavy atom. The fourth-order valence-electron chi connectivity index (χ4n) is 0.690. The van der Waals surface area contributed by atoms with Gasteiger partial charge in [0.2, 0.25) is 0 Å². The van der Waals surface area contributed by atoms with Crippen LogP contribution < -0.4 is 0 Å². The molecule has 0 aliphatic carbocycles. The molecular weight excluding hydrogens is 138 g/mol. The second kappa shape index (κ2) is 4.73. The lowest BCUT2D eigenvalue weighted by Gasteiger charge is -2.32. The van der Waals surface area contributed by atoms with Crippen LogP contribution >= 0.6 is 0 Å². The van der Waals surface area contributed by atoms with E-state index in [1.807, 2.05) is 6.92 Å². The number of nitrogens with zero attached hydrogens (tertiary/aromatic N) is 1. The van der Waals surface area contributed by atoms with Gasteiger partial charge < -0.3 is 9.64 Å². The minimum Gasteiger partial charge on any atom is -0.382 e. The van der Waals surface area contributed by atoms with E-state index in [0.29, 0.717) is 0 Å². The molecule has 2 nitrogen and oxygen atoms in total. The highest BCUT2D eigenvalue weighted by molar-refractivity contribution is 4.76. The third-order valence-electron chi connectivity index (χ3n) is 2.27. The highest BCUT2D eigenvalue weighted by Gasteiger charge is 2.19. The Bertz CT molecular complexity index is 99.7. The first-order chi connectivity index (χ1) is 5.00. The molecule has 0 amide bonds. The van der Waals surface area contributed by atoms with Crippen molar-refractivity contribution >= 4 is 0 Å². The van der Waals surface area contributed by atoms with Gasteiger partial charge in [-0.25, -0.2) is 0 Å². The van der Waals surface area contributed by atoms with Crippen molar-refractivity contribution in [3.8, 4) is 0 Å². The van der Waals surface area contributed by atoms with Gasteiger partial charge >= 0.3 is 0 Å². The van der Waals surface area contributed by atoms with Gasteiger partial charge in [0.25, 0.3) is 0 Å². The average molecular weight is 159 g/mol. The topological polar surface area (TPSA) is 12.5 Å². The molecule has 0 saturated heterocycles. The normalized spacial score (nSPS) is 12.5. The Hall–Kier alpha value is -0.0800. The zero-order chi connectivity index (χ0) is 8.91. The minimum atomic E-state index is 0.259. The summed E-state index contributed by atoms with van der Waals surface area (Å²) in [6.45, 7) is 8.17. The van der Waals surface area contributed by atoms with Crippen molar-refractivity contribution < 1.29 is 4.74 Å². The van der Waals surface area contributed by atoms with E-state index < -0.39 is 0 Å². The lowest BCUT2D eigenvalue weighted by atomic mass is 10.0. The molecule has 0 aromatic rings. The molecule has 0 aromatic carbocycles. The first-order valence-electron chi connectivity index (χ1n) is 4.26. The molecule has 0 N–H and O–H groups in total. The second-order valence-corrected chi connectivity index (χ2v) is 3.65. The van der Waals surface area contributed by atoms with E-state index in [2.05, 4.69) is 32.8 Å². The first-order valence-corrected chi connectivity index (χ1v) is 4.26. The summed E-state index contributed by atoms with van der Waals surface area (Å²) in [5.41, 5.74) is 0.259. The van der Waals surface area contributed by atoms with Crippen molar-refractivity contribution in [2.24, 2.45) is 0 Å². The summed E-state index contributed by atoms with van der Waals surface area (Å²) in [6, 6.07) is 0. The van der Waals surface area contributed by atoms with Crippen molar-refractivity contribution in [1.29, 1.82) is 0 Å². The summed E-state index contributed by atoms with van der Waals surface area (Å²) in [4.78, 5) is 2.23. The molecule has 2 heteroatoms. The van der Waals surface area contributed by atoms with Crippen LogP contribution in [0.2, 0.25) is 0 Å². The third-order valence-corrected chi connectivity index (χ3v) is 2.27. The van der Waals surface area contributed by atoms with Crippen LogP contribution in [0.5, 0.6) is 0 Å². The number of hydrogen-bond donors (Lipinski definition) is 0. The number of ether oxygens (including phenoxy) is 1. The number of rotatable bonds is 5. The Kier molecular flexibility index (Phi) is 4.69. The van der Waals surface area contributed by atoms with E-state index in [0.717, 1.165) is 19.6 Å². The van der Waals surface area contributed by atoms with Gasteiger partial charge in [0, 0.05) is 18.8 Å². The van der Waals surface area contributed by atoms with Crippen LogP contribution in [-0.2, 0) is 4.74 Å². The Morgan fingerprint density at radius 1 is 1.27 bits per heavy atom. The highest BCUT2D eigenvalue weighted by Crippen LogP contribution is 2.14. The molecule has 0 aromatic heterocycles. The lowest BCUT2D eigenvalue weighted by molar-refractivity contribution is 0.0907. The van der Waals surface area contributed by atoms with E-state index >= 15 is 0 Å². The summed E-state index contributed by atoms with van der Waals surface area (Å²) in [6.07, 6.45) is 1.09. The van der Waals surface area contributed by atoms with E-state index in [1.165, 1.54) is 0 Å². The van der Waals surface area contributed by atoms with Crippen LogP contribution in [0.15, 0.2) is 0 Å². The predicted molar refractivity (Wildman–Crippen MR) is 48.9 cm³/mol. The molecule has 0 atom stereocenters. The van der Waals surface area contributed by atoms with Gasteiger partial charge in [0.15, 0.2) is 0 Å². The summed E-state index contributed by atoms with van der Waals surface area (Å²) in [5.74, 6) is 0. The molecule has 0 radical (unpaired) electrons. The molecule has 11 heavy (non-hydrogen) atoms. The summed E-state index contributed by atoms with van der Waals surface area (Å²) in [5, 5.41) is 0. The quantitative estimate of drug-likeness (QED) is 0.567. The maximum atomic E-state index is 5.29. The summed E-state index contributed by atoms with van der Waals surface area (Å²) >= 11 is 0. The van der Waals surface area contributed by atoms with E-state index in [4.69, 9.17) is 4.74 Å². The van der Waals surface area contributed by atoms with Crippen LogP contribution in [0.4, 0.5) is 0 Å². The van der Waals surface area contributed by atoms with Crippen LogP contribution in [0.1, 0.15) is 27.2 Å². The van der Waals surface area contributed by atoms with E-state index in [-0.39, 0.29) is 5.54 Å². The lowest BCUT2D eigenvalue weighted by Crippen LogP contribution is -2.39. The molecule has 0 saturated carbocycles. The van der Waals surface area contributed by atoms with Gasteiger partial charge in [-0.15, -0.1) is 0 Å². The maximum Gasteiger partial charge on any atom is 0.0483 e. The zero-order valence-electron chi connectivity index (χ0n) is 8.48. The molecule has 0 fully saturated rings. The summed E-state index contributed by atoms with van der Waals surface area (Å²) < 4.78 is 5.29. The molecule has 0 rings (SSSR count). The SMILES string of the molecule is CCOCCC(C)(C)N(C)C. The van der Waals surface area contributed by atoms with Crippen molar-refractivity contribution in [3.63, 3.8) is 0 Å². The fourth-order valence-corrected chi connectivity index (χ4v) is 0.690. The Balaban J connectivity index is 3.55. The predicted octanol–water partition coefficient (Wildman–Crippen LogP) is 1.75. The van der Waals surface area contributed by atoms with Gasteiger partial charge in [0.05, 0.1) is 0 Å². The van der Waals surface area contributed by atoms with Crippen molar-refractivity contribution in [1.82, 2.24) is 4.90 Å². The first kappa shape index (κ1) is 10.9. The molecule has 0 bridgehead atoms. The molecule has 0 spiro atoms. The second-order valence-electron chi connectivity index (χ2n) is 3.65. The molecule has 68 valence electrons. The van der Waals surface area contributed by atoms with E-state index in [9.17, 15) is 0 Å². The largest absolute Gasteiger partial charge is 0.382 e. The van der Waals surface area contributed by atoms with Crippen LogP contribution in [0.3, 0.4) is 0 Å². The smallest absolute Gasteiger partial charge is 0.0483 e. The van der Waals surface area contributed by atoms with Gasteiger partial charge in [-0.1, -0.05) is 0 Å². The van der Waals surface area contributed by atoms with Crippen LogP contribution in [0.25, 0.3) is 0 Å². The molecule has 0 aliphatic heterocycles. The fraction of sp³-hybridized carbons (Fsp3) is 1.00. The van der Waals surface area contributed by atoms with Gasteiger partial charge in [0.1, 0.15) is 0 Å². The van der Waals surface area contributed by atoms with Crippen LogP contribution in [0, 0.1) is 0 Å². The van der Waals surface area contributed by atoms with Crippen molar-refractivity contribution in [2.75, 3.05) is 27.3 Å².